The van der Waals surface area contributed by atoms with Crippen molar-refractivity contribution in [2.45, 2.75) is 44.2 Å². The molecule has 1 saturated heterocycles. The second-order valence-electron chi connectivity index (χ2n) is 9.47. The summed E-state index contributed by atoms with van der Waals surface area (Å²) in [5.41, 5.74) is 1.81. The van der Waals surface area contributed by atoms with Crippen LogP contribution < -0.4 is 10.6 Å². The van der Waals surface area contributed by atoms with Gasteiger partial charge in [-0.3, -0.25) is 9.69 Å². The number of carbonyl (C=O) groups excluding carboxylic acids is 1. The first kappa shape index (κ1) is 25.4. The molecule has 0 bridgehead atoms. The van der Waals surface area contributed by atoms with Crippen LogP contribution in [0, 0.1) is 5.82 Å². The first-order chi connectivity index (χ1) is 17.4. The molecule has 2 unspecified atom stereocenters. The summed E-state index contributed by atoms with van der Waals surface area (Å²) in [5.74, 6) is -1.36. The predicted molar refractivity (Wildman–Crippen MR) is 140 cm³/mol. The number of rotatable bonds is 9. The fourth-order valence-electron chi connectivity index (χ4n) is 5.11. The molecule has 6 nitrogen and oxygen atoms in total. The highest BCUT2D eigenvalue weighted by atomic mass is 19.1. The van der Waals surface area contributed by atoms with Crippen LogP contribution in [0.1, 0.15) is 42.1 Å². The Kier molecular flexibility index (Phi) is 8.00. The van der Waals surface area contributed by atoms with Crippen LogP contribution >= 0.6 is 0 Å². The minimum absolute atomic E-state index is 0.0663. The molecule has 0 aromatic heterocycles. The Labute approximate surface area is 211 Å². The molecular weight excluding hydrogens is 457 g/mol. The maximum Gasteiger partial charge on any atom is 0.335 e. The number of hydrogen-bond acceptors (Lipinski definition) is 4. The van der Waals surface area contributed by atoms with E-state index >= 15 is 0 Å². The summed E-state index contributed by atoms with van der Waals surface area (Å²) in [7, 11) is 0. The van der Waals surface area contributed by atoms with Crippen LogP contribution in [0.15, 0.2) is 78.9 Å². The average molecular weight is 490 g/mol. The molecule has 3 N–H and O–H groups in total. The molecule has 36 heavy (non-hydrogen) atoms. The van der Waals surface area contributed by atoms with Gasteiger partial charge in [-0.15, -0.1) is 0 Å². The summed E-state index contributed by atoms with van der Waals surface area (Å²) in [6.07, 6.45) is 2.74. The SMILES string of the molecule is CCC1CC(Cc2cccc(C(=O)O)c2)(Nc2ccccc2F)CCN1CC(=O)Nc1ccccc1. The van der Waals surface area contributed by atoms with E-state index < -0.39 is 11.5 Å². The quantitative estimate of drug-likeness (QED) is 0.373. The number of benzene rings is 3. The van der Waals surface area contributed by atoms with Crippen LogP contribution in [0.5, 0.6) is 0 Å². The normalized spacial score (nSPS) is 20.0. The molecule has 1 heterocycles. The van der Waals surface area contributed by atoms with Crippen LogP contribution in [0.2, 0.25) is 0 Å². The van der Waals surface area contributed by atoms with Gasteiger partial charge in [-0.2, -0.15) is 0 Å². The Hall–Kier alpha value is -3.71. The molecular formula is C29H32FN3O3. The summed E-state index contributed by atoms with van der Waals surface area (Å²) < 4.78 is 14.7. The van der Waals surface area contributed by atoms with E-state index in [9.17, 15) is 19.1 Å². The molecule has 1 aliphatic rings. The third kappa shape index (κ3) is 6.29. The summed E-state index contributed by atoms with van der Waals surface area (Å²) in [6, 6.07) is 23.0. The summed E-state index contributed by atoms with van der Waals surface area (Å²) in [6.45, 7) is 3.02. The van der Waals surface area contributed by atoms with Crippen LogP contribution in [0.4, 0.5) is 15.8 Å². The van der Waals surface area contributed by atoms with Crippen molar-refractivity contribution < 1.29 is 19.1 Å². The fourth-order valence-corrected chi connectivity index (χ4v) is 5.11. The Bertz CT molecular complexity index is 1200. The van der Waals surface area contributed by atoms with Gasteiger partial charge in [0.15, 0.2) is 0 Å². The molecule has 1 amide bonds. The van der Waals surface area contributed by atoms with Crippen LogP contribution in [0.3, 0.4) is 0 Å². The summed E-state index contributed by atoms with van der Waals surface area (Å²) >= 11 is 0. The number of nitrogens with one attached hydrogen (secondary N) is 2. The lowest BCUT2D eigenvalue weighted by Gasteiger charge is -2.47. The molecule has 0 aliphatic carbocycles. The lowest BCUT2D eigenvalue weighted by molar-refractivity contribution is -0.118. The molecule has 1 aliphatic heterocycles. The van der Waals surface area contributed by atoms with E-state index in [4.69, 9.17) is 0 Å². The van der Waals surface area contributed by atoms with Gasteiger partial charge in [-0.25, -0.2) is 9.18 Å². The second kappa shape index (κ2) is 11.4. The van der Waals surface area contributed by atoms with Crippen molar-refractivity contribution in [3.8, 4) is 0 Å². The minimum Gasteiger partial charge on any atom is -0.478 e. The fraction of sp³-hybridized carbons (Fsp3) is 0.310. The molecule has 3 aromatic carbocycles. The van der Waals surface area contributed by atoms with Crippen molar-refractivity contribution in [2.24, 2.45) is 0 Å². The maximum atomic E-state index is 14.7. The number of carboxylic acids is 1. The van der Waals surface area contributed by atoms with E-state index in [0.29, 0.717) is 31.5 Å². The lowest BCUT2D eigenvalue weighted by Crippen LogP contribution is -2.56. The number of aromatic carboxylic acids is 1. The number of carbonyl (C=O) groups is 2. The van der Waals surface area contributed by atoms with Gasteiger partial charge in [0.25, 0.3) is 0 Å². The van der Waals surface area contributed by atoms with Gasteiger partial charge in [0.2, 0.25) is 5.91 Å². The lowest BCUT2D eigenvalue weighted by atomic mass is 9.77. The van der Waals surface area contributed by atoms with Crippen LogP contribution in [-0.2, 0) is 11.2 Å². The number of anilines is 2. The number of nitrogens with zero attached hydrogens (tertiary/aromatic N) is 1. The number of halogens is 1. The number of carboxylic acid groups (broad SMARTS) is 1. The summed E-state index contributed by atoms with van der Waals surface area (Å²) in [4.78, 5) is 26.5. The van der Waals surface area contributed by atoms with E-state index in [1.807, 2.05) is 36.4 Å². The smallest absolute Gasteiger partial charge is 0.335 e. The first-order valence-electron chi connectivity index (χ1n) is 12.3. The molecule has 7 heteroatoms. The van der Waals surface area contributed by atoms with Crippen molar-refractivity contribution in [2.75, 3.05) is 23.7 Å². The van der Waals surface area contributed by atoms with Gasteiger partial charge in [-0.1, -0.05) is 49.4 Å². The van der Waals surface area contributed by atoms with E-state index in [2.05, 4.69) is 22.5 Å². The van der Waals surface area contributed by atoms with Crippen molar-refractivity contribution in [1.29, 1.82) is 0 Å². The number of hydrogen-bond donors (Lipinski definition) is 3. The average Bonchev–Trinajstić information content (AvgIpc) is 2.87. The van der Waals surface area contributed by atoms with E-state index in [1.165, 1.54) is 6.07 Å². The Morgan fingerprint density at radius 1 is 1.06 bits per heavy atom. The molecule has 1 fully saturated rings. The first-order valence-corrected chi connectivity index (χ1v) is 12.3. The third-order valence-electron chi connectivity index (χ3n) is 6.89. The zero-order valence-corrected chi connectivity index (χ0v) is 20.4. The molecule has 4 rings (SSSR count). The number of piperidine rings is 1. The maximum absolute atomic E-state index is 14.7. The highest BCUT2D eigenvalue weighted by Crippen LogP contribution is 2.35. The molecule has 188 valence electrons. The van der Waals surface area contributed by atoms with Gasteiger partial charge in [-0.05, 0) is 67.6 Å². The van der Waals surface area contributed by atoms with Crippen LogP contribution in [-0.4, -0.2) is 46.6 Å². The molecule has 0 radical (unpaired) electrons. The Morgan fingerprint density at radius 2 is 1.81 bits per heavy atom. The zero-order valence-electron chi connectivity index (χ0n) is 20.4. The number of amides is 1. The standard InChI is InChI=1S/C29H32FN3O3/c1-2-24-19-29(32-26-14-7-6-13-25(26)30,18-21-9-8-10-22(17-21)28(35)36)15-16-33(24)20-27(34)31-23-11-4-3-5-12-23/h3-14,17,24,32H,2,15-16,18-20H2,1H3,(H,31,34)(H,35,36). The van der Waals surface area contributed by atoms with E-state index in [0.717, 1.165) is 17.7 Å². The van der Waals surface area contributed by atoms with Crippen LogP contribution in [0.25, 0.3) is 0 Å². The van der Waals surface area contributed by atoms with Gasteiger partial charge < -0.3 is 15.7 Å². The zero-order chi connectivity index (χ0) is 25.5. The highest BCUT2D eigenvalue weighted by Gasteiger charge is 2.40. The Balaban J connectivity index is 1.55. The van der Waals surface area contributed by atoms with E-state index in [-0.39, 0.29) is 29.9 Å². The molecule has 0 saturated carbocycles. The van der Waals surface area contributed by atoms with Crippen molar-refractivity contribution in [3.63, 3.8) is 0 Å². The minimum atomic E-state index is -0.973. The van der Waals surface area contributed by atoms with Gasteiger partial charge in [0, 0.05) is 23.8 Å². The van der Waals surface area contributed by atoms with Crippen molar-refractivity contribution in [1.82, 2.24) is 4.90 Å². The summed E-state index contributed by atoms with van der Waals surface area (Å²) in [5, 5.41) is 15.9. The van der Waals surface area contributed by atoms with Gasteiger partial charge in [0.1, 0.15) is 5.82 Å². The Morgan fingerprint density at radius 3 is 2.53 bits per heavy atom. The molecule has 0 spiro atoms. The van der Waals surface area contributed by atoms with E-state index in [1.54, 1.807) is 36.4 Å². The third-order valence-corrected chi connectivity index (χ3v) is 6.89. The second-order valence-corrected chi connectivity index (χ2v) is 9.47. The van der Waals surface area contributed by atoms with Gasteiger partial charge in [0.05, 0.1) is 17.8 Å². The monoisotopic (exact) mass is 489 g/mol. The molecule has 2 atom stereocenters. The number of para-hydroxylation sites is 2. The van der Waals surface area contributed by atoms with Crippen molar-refractivity contribution >= 4 is 23.3 Å². The van der Waals surface area contributed by atoms with Gasteiger partial charge >= 0.3 is 5.97 Å². The van der Waals surface area contributed by atoms with Crippen molar-refractivity contribution in [3.05, 3.63) is 95.8 Å². The molecule has 3 aromatic rings. The number of likely N-dealkylation sites (tertiary alicyclic amines) is 1. The highest BCUT2D eigenvalue weighted by molar-refractivity contribution is 5.92. The largest absolute Gasteiger partial charge is 0.478 e. The predicted octanol–water partition coefficient (Wildman–Crippen LogP) is 5.43. The topological polar surface area (TPSA) is 81.7 Å².